The molecular formula is C20H21NO3S. The van der Waals surface area contributed by atoms with Crippen molar-refractivity contribution in [3.63, 3.8) is 0 Å². The number of hydrogen-bond donors (Lipinski definition) is 1. The van der Waals surface area contributed by atoms with Crippen molar-refractivity contribution in [1.82, 2.24) is 4.72 Å². The molecule has 130 valence electrons. The van der Waals surface area contributed by atoms with Crippen LogP contribution in [0.4, 0.5) is 0 Å². The Bertz CT molecular complexity index is 969. The molecule has 0 aliphatic rings. The van der Waals surface area contributed by atoms with E-state index in [1.165, 1.54) is 0 Å². The Morgan fingerprint density at radius 1 is 0.960 bits per heavy atom. The lowest BCUT2D eigenvalue weighted by Gasteiger charge is -2.18. The summed E-state index contributed by atoms with van der Waals surface area (Å²) in [5.74, 6) is 0.747. The molecule has 4 nitrogen and oxygen atoms in total. The fourth-order valence-electron chi connectivity index (χ4n) is 2.82. The standard InChI is InChI=1S/C20H21NO3S/c1-3-20(15-7-5-4-6-8-15)21-25(22,23)19-12-10-16-13-18(24-2)11-9-17(16)14-19/h4-14,20-21H,3H2,1-2H3. The molecule has 0 fully saturated rings. The van der Waals surface area contributed by atoms with E-state index in [-0.39, 0.29) is 10.9 Å². The minimum Gasteiger partial charge on any atom is -0.497 e. The van der Waals surface area contributed by atoms with Gasteiger partial charge in [0.15, 0.2) is 0 Å². The average molecular weight is 355 g/mol. The Morgan fingerprint density at radius 2 is 1.64 bits per heavy atom. The van der Waals surface area contributed by atoms with Gasteiger partial charge in [-0.3, -0.25) is 0 Å². The molecule has 0 bridgehead atoms. The summed E-state index contributed by atoms with van der Waals surface area (Å²) in [4.78, 5) is 0.263. The molecule has 0 spiro atoms. The topological polar surface area (TPSA) is 55.4 Å². The smallest absolute Gasteiger partial charge is 0.241 e. The maximum Gasteiger partial charge on any atom is 0.241 e. The first-order valence-electron chi connectivity index (χ1n) is 8.18. The third-order valence-electron chi connectivity index (χ3n) is 4.24. The van der Waals surface area contributed by atoms with E-state index in [1.54, 1.807) is 25.3 Å². The van der Waals surface area contributed by atoms with E-state index in [9.17, 15) is 8.42 Å². The zero-order chi connectivity index (χ0) is 17.9. The van der Waals surface area contributed by atoms with E-state index in [4.69, 9.17) is 4.74 Å². The molecule has 1 N–H and O–H groups in total. The fourth-order valence-corrected chi connectivity index (χ4v) is 4.17. The minimum absolute atomic E-state index is 0.252. The van der Waals surface area contributed by atoms with Crippen molar-refractivity contribution in [1.29, 1.82) is 0 Å². The Balaban J connectivity index is 1.92. The van der Waals surface area contributed by atoms with Crippen LogP contribution in [0.15, 0.2) is 71.6 Å². The molecular weight excluding hydrogens is 334 g/mol. The predicted octanol–water partition coefficient (Wildman–Crippen LogP) is 4.28. The van der Waals surface area contributed by atoms with Crippen LogP contribution in [0.25, 0.3) is 10.8 Å². The lowest BCUT2D eigenvalue weighted by Crippen LogP contribution is -2.28. The molecule has 1 atom stereocenters. The number of rotatable bonds is 6. The molecule has 25 heavy (non-hydrogen) atoms. The third kappa shape index (κ3) is 3.83. The second kappa shape index (κ2) is 7.25. The summed E-state index contributed by atoms with van der Waals surface area (Å²) in [7, 11) is -2.00. The van der Waals surface area contributed by atoms with E-state index in [1.807, 2.05) is 55.5 Å². The first-order valence-corrected chi connectivity index (χ1v) is 9.67. The molecule has 3 rings (SSSR count). The van der Waals surface area contributed by atoms with E-state index in [0.29, 0.717) is 6.42 Å². The molecule has 1 unspecified atom stereocenters. The normalized spacial score (nSPS) is 12.9. The largest absolute Gasteiger partial charge is 0.497 e. The number of sulfonamides is 1. The highest BCUT2D eigenvalue weighted by Gasteiger charge is 2.20. The van der Waals surface area contributed by atoms with Crippen molar-refractivity contribution in [3.05, 3.63) is 72.3 Å². The molecule has 5 heteroatoms. The van der Waals surface area contributed by atoms with Crippen molar-refractivity contribution in [2.75, 3.05) is 7.11 Å². The summed E-state index contributed by atoms with van der Waals surface area (Å²) in [6.07, 6.45) is 0.675. The third-order valence-corrected chi connectivity index (χ3v) is 5.71. The summed E-state index contributed by atoms with van der Waals surface area (Å²) in [6.45, 7) is 1.97. The lowest BCUT2D eigenvalue weighted by atomic mass is 10.1. The SMILES string of the molecule is CCC(NS(=O)(=O)c1ccc2cc(OC)ccc2c1)c1ccccc1. The van der Waals surface area contributed by atoms with E-state index >= 15 is 0 Å². The van der Waals surface area contributed by atoms with Gasteiger partial charge in [0.1, 0.15) is 5.75 Å². The molecule has 0 saturated heterocycles. The Labute approximate surface area is 148 Å². The van der Waals surface area contributed by atoms with Gasteiger partial charge in [0.25, 0.3) is 0 Å². The van der Waals surface area contributed by atoms with Crippen molar-refractivity contribution in [2.45, 2.75) is 24.3 Å². The summed E-state index contributed by atoms with van der Waals surface area (Å²) < 4.78 is 33.6. The number of fused-ring (bicyclic) bond motifs is 1. The molecule has 3 aromatic rings. The van der Waals surface area contributed by atoms with Crippen LogP contribution >= 0.6 is 0 Å². The van der Waals surface area contributed by atoms with Gasteiger partial charge in [-0.1, -0.05) is 49.4 Å². The van der Waals surface area contributed by atoms with Crippen LogP contribution in [0.2, 0.25) is 0 Å². The van der Waals surface area contributed by atoms with Gasteiger partial charge in [-0.2, -0.15) is 0 Å². The summed E-state index contributed by atoms with van der Waals surface area (Å²) in [6, 6.07) is 20.1. The van der Waals surface area contributed by atoms with Gasteiger partial charge in [0, 0.05) is 6.04 Å². The first kappa shape index (κ1) is 17.5. The number of nitrogens with one attached hydrogen (secondary N) is 1. The van der Waals surface area contributed by atoms with Gasteiger partial charge >= 0.3 is 0 Å². The molecule has 0 radical (unpaired) electrons. The first-order chi connectivity index (χ1) is 12.0. The molecule has 0 aliphatic heterocycles. The van der Waals surface area contributed by atoms with Gasteiger partial charge < -0.3 is 4.74 Å². The monoisotopic (exact) mass is 355 g/mol. The van der Waals surface area contributed by atoms with Crippen LogP contribution in [0.5, 0.6) is 5.75 Å². The van der Waals surface area contributed by atoms with E-state index in [0.717, 1.165) is 22.1 Å². The molecule has 3 aromatic carbocycles. The second-order valence-electron chi connectivity index (χ2n) is 5.87. The lowest BCUT2D eigenvalue weighted by molar-refractivity contribution is 0.415. The molecule has 0 saturated carbocycles. The van der Waals surface area contributed by atoms with Crippen LogP contribution in [-0.2, 0) is 10.0 Å². The fraction of sp³-hybridized carbons (Fsp3) is 0.200. The van der Waals surface area contributed by atoms with Gasteiger partial charge in [-0.15, -0.1) is 0 Å². The number of ether oxygens (including phenoxy) is 1. The van der Waals surface area contributed by atoms with Crippen molar-refractivity contribution < 1.29 is 13.2 Å². The summed E-state index contributed by atoms with van der Waals surface area (Å²) in [5, 5.41) is 1.80. The molecule has 0 aliphatic carbocycles. The van der Waals surface area contributed by atoms with E-state index in [2.05, 4.69) is 4.72 Å². The quantitative estimate of drug-likeness (QED) is 0.718. The second-order valence-corrected chi connectivity index (χ2v) is 7.58. The van der Waals surface area contributed by atoms with Gasteiger partial charge in [-0.25, -0.2) is 13.1 Å². The van der Waals surface area contributed by atoms with Crippen LogP contribution in [0.1, 0.15) is 24.9 Å². The van der Waals surface area contributed by atoms with Crippen LogP contribution in [0.3, 0.4) is 0 Å². The van der Waals surface area contributed by atoms with Gasteiger partial charge in [0.2, 0.25) is 10.0 Å². The number of benzene rings is 3. The van der Waals surface area contributed by atoms with Crippen molar-refractivity contribution in [2.24, 2.45) is 0 Å². The zero-order valence-corrected chi connectivity index (χ0v) is 15.1. The maximum atomic E-state index is 12.8. The zero-order valence-electron chi connectivity index (χ0n) is 14.3. The van der Waals surface area contributed by atoms with Crippen LogP contribution in [-0.4, -0.2) is 15.5 Å². The highest BCUT2D eigenvalue weighted by atomic mass is 32.2. The Hall–Kier alpha value is -2.37. The molecule has 0 amide bonds. The predicted molar refractivity (Wildman–Crippen MR) is 100 cm³/mol. The Morgan fingerprint density at radius 3 is 2.32 bits per heavy atom. The number of methoxy groups -OCH3 is 1. The maximum absolute atomic E-state index is 12.8. The van der Waals surface area contributed by atoms with Crippen molar-refractivity contribution >= 4 is 20.8 Å². The summed E-state index contributed by atoms with van der Waals surface area (Å²) >= 11 is 0. The molecule has 0 heterocycles. The minimum atomic E-state index is -3.61. The Kier molecular flexibility index (Phi) is 5.06. The van der Waals surface area contributed by atoms with Crippen LogP contribution in [0, 0.1) is 0 Å². The van der Waals surface area contributed by atoms with Gasteiger partial charge in [0.05, 0.1) is 12.0 Å². The summed E-state index contributed by atoms with van der Waals surface area (Å²) in [5.41, 5.74) is 0.958. The number of hydrogen-bond acceptors (Lipinski definition) is 3. The van der Waals surface area contributed by atoms with Gasteiger partial charge in [-0.05, 0) is 47.0 Å². The highest BCUT2D eigenvalue weighted by molar-refractivity contribution is 7.89. The molecule has 0 aromatic heterocycles. The average Bonchev–Trinajstić information content (AvgIpc) is 2.66. The van der Waals surface area contributed by atoms with E-state index < -0.39 is 10.0 Å². The highest BCUT2D eigenvalue weighted by Crippen LogP contribution is 2.25. The van der Waals surface area contributed by atoms with Crippen molar-refractivity contribution in [3.8, 4) is 5.75 Å². The van der Waals surface area contributed by atoms with Crippen LogP contribution < -0.4 is 9.46 Å².